The van der Waals surface area contributed by atoms with E-state index in [1.165, 1.54) is 7.11 Å². The maximum Gasteiger partial charge on any atom is 0.408 e. The van der Waals surface area contributed by atoms with Crippen molar-refractivity contribution < 1.29 is 32.6 Å². The van der Waals surface area contributed by atoms with Gasteiger partial charge in [0.25, 0.3) is 0 Å². The minimum Gasteiger partial charge on any atom is -0.465 e. The van der Waals surface area contributed by atoms with Gasteiger partial charge in [-0.25, -0.2) is 18.4 Å². The van der Waals surface area contributed by atoms with Gasteiger partial charge in [-0.3, -0.25) is 4.79 Å². The predicted molar refractivity (Wildman–Crippen MR) is 141 cm³/mol. The number of carbonyl (C=O) groups excluding carboxylic acids is 3. The van der Waals surface area contributed by atoms with Gasteiger partial charge in [0.1, 0.15) is 18.2 Å². The number of hydrogen-bond donors (Lipinski definition) is 2. The summed E-state index contributed by atoms with van der Waals surface area (Å²) in [7, 11) is 1.29. The van der Waals surface area contributed by atoms with Crippen molar-refractivity contribution in [2.45, 2.75) is 33.0 Å². The molecule has 3 rings (SSSR count). The van der Waals surface area contributed by atoms with E-state index < -0.39 is 35.7 Å². The monoisotopic (exact) mass is 536 g/mol. The largest absolute Gasteiger partial charge is 0.465 e. The molecule has 0 saturated heterocycles. The van der Waals surface area contributed by atoms with Gasteiger partial charge < -0.3 is 20.1 Å². The first-order valence-electron chi connectivity index (χ1n) is 12.2. The lowest BCUT2D eigenvalue weighted by Crippen LogP contribution is -2.31. The van der Waals surface area contributed by atoms with Crippen molar-refractivity contribution in [3.63, 3.8) is 0 Å². The van der Waals surface area contributed by atoms with Crippen molar-refractivity contribution in [2.24, 2.45) is 5.92 Å². The molecule has 0 bridgehead atoms. The molecule has 0 aromatic heterocycles. The third-order valence-corrected chi connectivity index (χ3v) is 5.91. The maximum absolute atomic E-state index is 13.4. The number of methoxy groups -OCH3 is 1. The molecule has 39 heavy (non-hydrogen) atoms. The van der Waals surface area contributed by atoms with Crippen LogP contribution in [0.3, 0.4) is 0 Å². The van der Waals surface area contributed by atoms with Crippen molar-refractivity contribution in [3.05, 3.63) is 118 Å². The second kappa shape index (κ2) is 13.9. The molecule has 0 saturated carbocycles. The highest BCUT2D eigenvalue weighted by Crippen LogP contribution is 2.24. The number of amides is 2. The summed E-state index contributed by atoms with van der Waals surface area (Å²) in [5.41, 5.74) is 2.74. The lowest BCUT2D eigenvalue weighted by Gasteiger charge is -2.21. The van der Waals surface area contributed by atoms with Crippen LogP contribution in [0.2, 0.25) is 0 Å². The Bertz CT molecular complexity index is 1310. The number of esters is 1. The molecular weight excluding hydrogens is 506 g/mol. The van der Waals surface area contributed by atoms with Crippen LogP contribution in [0.4, 0.5) is 13.6 Å². The van der Waals surface area contributed by atoms with Gasteiger partial charge in [-0.1, -0.05) is 55.5 Å². The molecule has 0 aliphatic carbocycles. The molecule has 2 atom stereocenters. The Morgan fingerprint density at radius 3 is 2.18 bits per heavy atom. The molecule has 204 valence electrons. The first-order valence-corrected chi connectivity index (χ1v) is 12.2. The lowest BCUT2D eigenvalue weighted by atomic mass is 9.95. The van der Waals surface area contributed by atoms with Crippen LogP contribution in [-0.4, -0.2) is 25.1 Å². The summed E-state index contributed by atoms with van der Waals surface area (Å²) in [4.78, 5) is 37.2. The van der Waals surface area contributed by atoms with Crippen LogP contribution in [0.15, 0.2) is 84.4 Å². The minimum absolute atomic E-state index is 0.0484. The zero-order valence-electron chi connectivity index (χ0n) is 21.9. The third kappa shape index (κ3) is 8.77. The first kappa shape index (κ1) is 29.0. The molecule has 0 heterocycles. The van der Waals surface area contributed by atoms with Gasteiger partial charge in [0.05, 0.1) is 24.6 Å². The van der Waals surface area contributed by atoms with Gasteiger partial charge in [-0.15, -0.1) is 0 Å². The molecule has 2 amide bonds. The summed E-state index contributed by atoms with van der Waals surface area (Å²) in [6.45, 7) is 3.44. The van der Waals surface area contributed by atoms with Gasteiger partial charge in [0, 0.05) is 12.6 Å². The standard InChI is InChI=1S/C30H30F2N2O5/c1-19(13-20(2)28(35)33-17-22-14-25(31)16-26(32)15-22)27(23-9-11-24(12-10-23)29(36)38-3)34-30(37)39-18-21-7-5-4-6-8-21/h4-16,20,27H,17-18H2,1-3H3,(H,33,35)(H,34,37)/b19-13+/t20-,27?/m1/s1. The number of halogens is 2. The molecule has 0 aliphatic heterocycles. The van der Waals surface area contributed by atoms with E-state index in [1.807, 2.05) is 30.3 Å². The van der Waals surface area contributed by atoms with E-state index in [-0.39, 0.29) is 19.1 Å². The third-order valence-electron chi connectivity index (χ3n) is 5.91. The molecule has 0 aliphatic rings. The Labute approximate surface area is 225 Å². The van der Waals surface area contributed by atoms with Crippen molar-refractivity contribution in [2.75, 3.05) is 7.11 Å². The summed E-state index contributed by atoms with van der Waals surface area (Å²) < 4.78 is 37.0. The molecule has 9 heteroatoms. The number of rotatable bonds is 10. The number of benzene rings is 3. The number of hydrogen-bond acceptors (Lipinski definition) is 5. The molecule has 3 aromatic rings. The Morgan fingerprint density at radius 1 is 0.923 bits per heavy atom. The summed E-state index contributed by atoms with van der Waals surface area (Å²) >= 11 is 0. The van der Waals surface area contributed by atoms with Crippen LogP contribution >= 0.6 is 0 Å². The Hall–Kier alpha value is -4.53. The molecule has 1 unspecified atom stereocenters. The fourth-order valence-electron chi connectivity index (χ4n) is 3.90. The Morgan fingerprint density at radius 2 is 1.56 bits per heavy atom. The van der Waals surface area contributed by atoms with E-state index in [1.54, 1.807) is 44.2 Å². The van der Waals surface area contributed by atoms with E-state index in [0.717, 1.165) is 23.8 Å². The van der Waals surface area contributed by atoms with Gasteiger partial charge in [0.2, 0.25) is 5.91 Å². The lowest BCUT2D eigenvalue weighted by molar-refractivity contribution is -0.123. The highest BCUT2D eigenvalue weighted by Gasteiger charge is 2.20. The number of carbonyl (C=O) groups is 3. The second-order valence-electron chi connectivity index (χ2n) is 8.95. The summed E-state index contributed by atoms with van der Waals surface area (Å²) in [5.74, 6) is -2.96. The maximum atomic E-state index is 13.4. The summed E-state index contributed by atoms with van der Waals surface area (Å²) in [5, 5.41) is 5.48. The average molecular weight is 537 g/mol. The Balaban J connectivity index is 1.74. The van der Waals surface area contributed by atoms with Crippen molar-refractivity contribution in [1.82, 2.24) is 10.6 Å². The quantitative estimate of drug-likeness (QED) is 0.259. The second-order valence-corrected chi connectivity index (χ2v) is 8.95. The van der Waals surface area contributed by atoms with E-state index in [2.05, 4.69) is 10.6 Å². The average Bonchev–Trinajstić information content (AvgIpc) is 2.93. The number of ether oxygens (including phenoxy) is 2. The van der Waals surface area contributed by atoms with Crippen LogP contribution < -0.4 is 10.6 Å². The molecular formula is C30H30F2N2O5. The molecule has 7 nitrogen and oxygen atoms in total. The minimum atomic E-state index is -0.727. The highest BCUT2D eigenvalue weighted by molar-refractivity contribution is 5.89. The van der Waals surface area contributed by atoms with Crippen LogP contribution in [0.25, 0.3) is 0 Å². The van der Waals surface area contributed by atoms with E-state index >= 15 is 0 Å². The van der Waals surface area contributed by atoms with E-state index in [9.17, 15) is 23.2 Å². The predicted octanol–water partition coefficient (Wildman–Crippen LogP) is 5.62. The molecule has 3 aromatic carbocycles. The van der Waals surface area contributed by atoms with Gasteiger partial charge in [0.15, 0.2) is 0 Å². The smallest absolute Gasteiger partial charge is 0.408 e. The Kier molecular flexibility index (Phi) is 10.3. The zero-order valence-corrected chi connectivity index (χ0v) is 21.9. The molecule has 0 radical (unpaired) electrons. The number of nitrogens with one attached hydrogen (secondary N) is 2. The molecule has 0 spiro atoms. The molecule has 0 fully saturated rings. The number of alkyl carbamates (subject to hydrolysis) is 1. The first-order chi connectivity index (χ1) is 18.7. The van der Waals surface area contributed by atoms with Gasteiger partial charge in [-0.2, -0.15) is 0 Å². The molecule has 2 N–H and O–H groups in total. The summed E-state index contributed by atoms with van der Waals surface area (Å²) in [6, 6.07) is 18.1. The van der Waals surface area contributed by atoms with Crippen LogP contribution in [0.5, 0.6) is 0 Å². The SMILES string of the molecule is COC(=O)c1ccc(C(NC(=O)OCc2ccccc2)/C(C)=C/[C@@H](C)C(=O)NCc2cc(F)cc(F)c2)cc1. The zero-order chi connectivity index (χ0) is 28.4. The fraction of sp³-hybridized carbons (Fsp3) is 0.233. The van der Waals surface area contributed by atoms with Gasteiger partial charge >= 0.3 is 12.1 Å². The van der Waals surface area contributed by atoms with Crippen molar-refractivity contribution >= 4 is 18.0 Å². The topological polar surface area (TPSA) is 93.7 Å². The van der Waals surface area contributed by atoms with Gasteiger partial charge in [-0.05, 0) is 53.5 Å². The van der Waals surface area contributed by atoms with E-state index in [0.29, 0.717) is 22.3 Å². The van der Waals surface area contributed by atoms with Crippen molar-refractivity contribution in [3.8, 4) is 0 Å². The summed E-state index contributed by atoms with van der Waals surface area (Å²) in [6.07, 6.45) is 1.01. The van der Waals surface area contributed by atoms with E-state index in [4.69, 9.17) is 9.47 Å². The van der Waals surface area contributed by atoms with Crippen LogP contribution in [0.1, 0.15) is 46.9 Å². The van der Waals surface area contributed by atoms with Crippen molar-refractivity contribution in [1.29, 1.82) is 0 Å². The van der Waals surface area contributed by atoms with Crippen LogP contribution in [-0.2, 0) is 27.4 Å². The van der Waals surface area contributed by atoms with Crippen LogP contribution in [0, 0.1) is 17.6 Å². The fourth-order valence-corrected chi connectivity index (χ4v) is 3.90. The highest BCUT2D eigenvalue weighted by atomic mass is 19.1. The normalized spacial score (nSPS) is 12.7.